The van der Waals surface area contributed by atoms with Crippen LogP contribution in [0.15, 0.2) is 83.2 Å². The maximum atomic E-state index is 14.0. The van der Waals surface area contributed by atoms with Gasteiger partial charge in [0.05, 0.1) is 39.3 Å². The van der Waals surface area contributed by atoms with Gasteiger partial charge >= 0.3 is 6.09 Å². The molecule has 238 valence electrons. The molecule has 2 amide bonds. The average molecular weight is 651 g/mol. The second-order valence-corrected chi connectivity index (χ2v) is 14.3. The molecule has 1 fully saturated rings. The molecule has 0 spiro atoms. The standard InChI is InChI=1S/C33H38N4O6S2/c1-4-22(2)18-36(45(41,42)26-14-15-27-31(17-26)44-21-34-27)19-29(38)28(16-24-8-6-5-7-9-24)35-32(39)30-20-37(33(40)43-30)25-12-10-23(3)11-13-25/h5-15,17,21-22,28-30,38H,4,16,18-20H2,1-3H3,(H,35,39)/t22-,28-,29+,30-/m0/s1. The molecule has 0 bridgehead atoms. The van der Waals surface area contributed by atoms with E-state index in [4.69, 9.17) is 4.74 Å². The number of rotatable bonds is 13. The van der Waals surface area contributed by atoms with Crippen LogP contribution in [0, 0.1) is 12.8 Å². The number of sulfonamides is 1. The number of anilines is 1. The van der Waals surface area contributed by atoms with E-state index >= 15 is 0 Å². The Morgan fingerprint density at radius 2 is 1.87 bits per heavy atom. The number of aliphatic hydroxyl groups excluding tert-OH is 1. The first-order valence-corrected chi connectivity index (χ1v) is 17.3. The van der Waals surface area contributed by atoms with Crippen molar-refractivity contribution in [1.29, 1.82) is 0 Å². The van der Waals surface area contributed by atoms with Crippen molar-refractivity contribution in [2.45, 2.75) is 56.8 Å². The number of nitrogens with zero attached hydrogens (tertiary/aromatic N) is 3. The van der Waals surface area contributed by atoms with E-state index in [-0.39, 0.29) is 36.9 Å². The van der Waals surface area contributed by atoms with Crippen LogP contribution in [0.4, 0.5) is 10.5 Å². The topological polar surface area (TPSA) is 129 Å². The second-order valence-electron chi connectivity index (χ2n) is 11.5. The molecule has 3 aromatic carbocycles. The van der Waals surface area contributed by atoms with Crippen molar-refractivity contribution in [3.8, 4) is 0 Å². The highest BCUT2D eigenvalue weighted by atomic mass is 32.2. The molecule has 0 radical (unpaired) electrons. The molecule has 0 aliphatic carbocycles. The number of amides is 2. The molecule has 2 heterocycles. The number of aliphatic hydroxyl groups is 1. The molecule has 5 rings (SSSR count). The number of benzene rings is 3. The van der Waals surface area contributed by atoms with E-state index in [1.165, 1.54) is 26.6 Å². The number of aryl methyl sites for hydroxylation is 1. The Balaban J connectivity index is 1.37. The SMILES string of the molecule is CC[C@H](C)CN(C[C@@H](O)[C@H](Cc1ccccc1)NC(=O)[C@@H]1CN(c2ccc(C)cc2)C(=O)O1)S(=O)(=O)c1ccc2ncsc2c1. The third-order valence-electron chi connectivity index (χ3n) is 8.08. The normalized spacial score (nSPS) is 17.3. The summed E-state index contributed by atoms with van der Waals surface area (Å²) >= 11 is 1.36. The van der Waals surface area contributed by atoms with E-state index in [1.54, 1.807) is 29.8 Å². The predicted octanol–water partition coefficient (Wildman–Crippen LogP) is 4.76. The van der Waals surface area contributed by atoms with Crippen LogP contribution in [0.5, 0.6) is 0 Å². The minimum atomic E-state index is -4.01. The zero-order chi connectivity index (χ0) is 32.1. The van der Waals surface area contributed by atoms with Crippen molar-refractivity contribution in [3.05, 3.63) is 89.4 Å². The number of fused-ring (bicyclic) bond motifs is 1. The summed E-state index contributed by atoms with van der Waals surface area (Å²) in [6, 6.07) is 20.6. The fourth-order valence-electron chi connectivity index (χ4n) is 5.19. The predicted molar refractivity (Wildman–Crippen MR) is 175 cm³/mol. The van der Waals surface area contributed by atoms with Crippen LogP contribution in [0.2, 0.25) is 0 Å². The number of aromatic nitrogens is 1. The molecule has 4 atom stereocenters. The lowest BCUT2D eigenvalue weighted by Crippen LogP contribution is -2.53. The number of cyclic esters (lactones) is 1. The highest BCUT2D eigenvalue weighted by molar-refractivity contribution is 7.89. The van der Waals surface area contributed by atoms with Crippen molar-refractivity contribution < 1.29 is 27.9 Å². The van der Waals surface area contributed by atoms with Gasteiger partial charge in [0.25, 0.3) is 5.91 Å². The van der Waals surface area contributed by atoms with Gasteiger partial charge in [0.2, 0.25) is 10.0 Å². The molecule has 45 heavy (non-hydrogen) atoms. The van der Waals surface area contributed by atoms with E-state index in [0.717, 1.165) is 22.2 Å². The maximum absolute atomic E-state index is 14.0. The van der Waals surface area contributed by atoms with Gasteiger partial charge in [0, 0.05) is 18.8 Å². The summed E-state index contributed by atoms with van der Waals surface area (Å²) in [7, 11) is -4.01. The summed E-state index contributed by atoms with van der Waals surface area (Å²) in [5.74, 6) is -0.545. The molecule has 0 unspecified atom stereocenters. The number of hydrogen-bond acceptors (Lipinski definition) is 8. The number of carbonyl (C=O) groups is 2. The summed E-state index contributed by atoms with van der Waals surface area (Å²) in [6.45, 7) is 5.83. The van der Waals surface area contributed by atoms with Crippen LogP contribution in [-0.4, -0.2) is 72.7 Å². The number of thiazole rings is 1. The molecule has 1 aromatic heterocycles. The third-order valence-corrected chi connectivity index (χ3v) is 10.7. The molecule has 0 saturated carbocycles. The largest absolute Gasteiger partial charge is 0.434 e. The first-order valence-electron chi connectivity index (χ1n) is 15.0. The molecular weight excluding hydrogens is 613 g/mol. The van der Waals surface area contributed by atoms with Crippen LogP contribution in [0.25, 0.3) is 10.2 Å². The Morgan fingerprint density at radius 3 is 2.58 bits per heavy atom. The maximum Gasteiger partial charge on any atom is 0.415 e. The average Bonchev–Trinajstić information content (AvgIpc) is 3.67. The van der Waals surface area contributed by atoms with E-state index in [0.29, 0.717) is 11.2 Å². The van der Waals surface area contributed by atoms with Crippen LogP contribution in [-0.2, 0) is 26.0 Å². The second kappa shape index (κ2) is 14.1. The van der Waals surface area contributed by atoms with Gasteiger partial charge in [-0.1, -0.05) is 68.3 Å². The number of hydrogen-bond donors (Lipinski definition) is 2. The van der Waals surface area contributed by atoms with Crippen molar-refractivity contribution in [2.24, 2.45) is 5.92 Å². The van der Waals surface area contributed by atoms with Crippen LogP contribution in [0.3, 0.4) is 0 Å². The fraction of sp³-hybridized carbons (Fsp3) is 0.364. The van der Waals surface area contributed by atoms with Crippen LogP contribution < -0.4 is 10.2 Å². The molecule has 10 nitrogen and oxygen atoms in total. The minimum Gasteiger partial charge on any atom is -0.434 e. The number of ether oxygens (including phenoxy) is 1. The van der Waals surface area contributed by atoms with Crippen molar-refractivity contribution in [2.75, 3.05) is 24.5 Å². The van der Waals surface area contributed by atoms with Gasteiger partial charge in [-0.2, -0.15) is 4.31 Å². The van der Waals surface area contributed by atoms with Gasteiger partial charge in [-0.3, -0.25) is 9.69 Å². The number of carbonyl (C=O) groups excluding carboxylic acids is 2. The third kappa shape index (κ3) is 7.70. The van der Waals surface area contributed by atoms with E-state index < -0.39 is 40.3 Å². The Morgan fingerprint density at radius 1 is 1.13 bits per heavy atom. The monoisotopic (exact) mass is 650 g/mol. The van der Waals surface area contributed by atoms with Gasteiger partial charge < -0.3 is 15.2 Å². The van der Waals surface area contributed by atoms with Gasteiger partial charge in [0.1, 0.15) is 0 Å². The first-order chi connectivity index (χ1) is 21.5. The van der Waals surface area contributed by atoms with Gasteiger partial charge in [0.15, 0.2) is 6.10 Å². The highest BCUT2D eigenvalue weighted by Gasteiger charge is 2.39. The Hall–Kier alpha value is -3.84. The number of nitrogens with one attached hydrogen (secondary N) is 1. The smallest absolute Gasteiger partial charge is 0.415 e. The molecule has 12 heteroatoms. The Kier molecular flexibility index (Phi) is 10.2. The van der Waals surface area contributed by atoms with Gasteiger partial charge in [-0.05, 0) is 55.2 Å². The van der Waals surface area contributed by atoms with Crippen molar-refractivity contribution in [1.82, 2.24) is 14.6 Å². The van der Waals surface area contributed by atoms with Crippen molar-refractivity contribution >= 4 is 49.3 Å². The van der Waals surface area contributed by atoms with Crippen molar-refractivity contribution in [3.63, 3.8) is 0 Å². The highest BCUT2D eigenvalue weighted by Crippen LogP contribution is 2.26. The lowest BCUT2D eigenvalue weighted by atomic mass is 10.0. The summed E-state index contributed by atoms with van der Waals surface area (Å²) in [5.41, 5.74) is 4.88. The molecule has 1 aliphatic rings. The molecule has 4 aromatic rings. The quantitative estimate of drug-likeness (QED) is 0.214. The van der Waals surface area contributed by atoms with Crippen LogP contribution in [0.1, 0.15) is 31.4 Å². The fourth-order valence-corrected chi connectivity index (χ4v) is 7.59. The van der Waals surface area contributed by atoms with E-state index in [2.05, 4.69) is 10.3 Å². The van der Waals surface area contributed by atoms with Crippen LogP contribution >= 0.6 is 11.3 Å². The summed E-state index contributed by atoms with van der Waals surface area (Å²) in [6.07, 6.45) is -2.03. The Bertz CT molecular complexity index is 1730. The summed E-state index contributed by atoms with van der Waals surface area (Å²) in [4.78, 5) is 31.9. The molecule has 2 N–H and O–H groups in total. The zero-order valence-corrected chi connectivity index (χ0v) is 27.1. The van der Waals surface area contributed by atoms with Gasteiger partial charge in [-0.25, -0.2) is 18.2 Å². The molecular formula is C33H38N4O6S2. The first kappa shape index (κ1) is 32.6. The van der Waals surface area contributed by atoms with Gasteiger partial charge in [-0.15, -0.1) is 11.3 Å². The van der Waals surface area contributed by atoms with E-state index in [1.807, 2.05) is 63.2 Å². The molecule has 1 saturated heterocycles. The summed E-state index contributed by atoms with van der Waals surface area (Å²) in [5, 5.41) is 14.5. The Labute approximate surface area is 267 Å². The lowest BCUT2D eigenvalue weighted by Gasteiger charge is -2.31. The van der Waals surface area contributed by atoms with E-state index in [9.17, 15) is 23.1 Å². The minimum absolute atomic E-state index is 0.0104. The lowest BCUT2D eigenvalue weighted by molar-refractivity contribution is -0.129. The zero-order valence-electron chi connectivity index (χ0n) is 25.5. The molecule has 1 aliphatic heterocycles. The summed E-state index contributed by atoms with van der Waals surface area (Å²) < 4.78 is 35.4.